The summed E-state index contributed by atoms with van der Waals surface area (Å²) in [6.07, 6.45) is 0.909. The number of likely N-dealkylation sites (tertiary alicyclic amines) is 1. The molecule has 1 aromatic carbocycles. The Morgan fingerprint density at radius 1 is 1.25 bits per heavy atom. The molecular weight excluding hydrogens is 304 g/mol. The lowest BCUT2D eigenvalue weighted by atomic mass is 9.84. The number of hydrogen-bond acceptors (Lipinski definition) is 4. The topological polar surface area (TPSA) is 64.7 Å². The zero-order valence-electron chi connectivity index (χ0n) is 14.4. The van der Waals surface area contributed by atoms with Gasteiger partial charge in [0, 0.05) is 19.6 Å². The average molecular weight is 330 g/mol. The second-order valence-corrected chi connectivity index (χ2v) is 6.52. The lowest BCUT2D eigenvalue weighted by Crippen LogP contribution is -2.57. The maximum atomic E-state index is 12.9. The third-order valence-corrected chi connectivity index (χ3v) is 4.94. The number of carbonyl (C=O) groups excluding carboxylic acids is 2. The number of amides is 2. The number of anilines is 1. The summed E-state index contributed by atoms with van der Waals surface area (Å²) in [4.78, 5) is 27.7. The summed E-state index contributed by atoms with van der Waals surface area (Å²) in [5, 5.41) is 4.61. The second kappa shape index (κ2) is 7.32. The predicted octanol–water partition coefficient (Wildman–Crippen LogP) is 1.00. The zero-order valence-corrected chi connectivity index (χ0v) is 14.4. The third kappa shape index (κ3) is 3.16. The van der Waals surface area contributed by atoms with Crippen LogP contribution in [0.5, 0.6) is 0 Å². The highest BCUT2D eigenvalue weighted by molar-refractivity contribution is 5.98. The fraction of sp³-hybridized carbons (Fsp3) is 0.556. The van der Waals surface area contributed by atoms with Crippen LogP contribution < -0.4 is 15.8 Å². The van der Waals surface area contributed by atoms with Crippen molar-refractivity contribution in [1.82, 2.24) is 15.6 Å². The van der Waals surface area contributed by atoms with E-state index in [0.29, 0.717) is 19.6 Å². The van der Waals surface area contributed by atoms with Gasteiger partial charge in [0.15, 0.2) is 0 Å². The summed E-state index contributed by atoms with van der Waals surface area (Å²) in [6, 6.07) is 9.43. The molecule has 3 rings (SSSR count). The van der Waals surface area contributed by atoms with E-state index in [2.05, 4.69) is 22.6 Å². The average Bonchev–Trinajstić information content (AvgIpc) is 2.96. The quantitative estimate of drug-likeness (QED) is 0.845. The number of nitrogens with one attached hydrogen (secondary N) is 2. The molecule has 1 aromatic rings. The maximum Gasteiger partial charge on any atom is 0.247 e. The van der Waals surface area contributed by atoms with Gasteiger partial charge in [-0.1, -0.05) is 32.0 Å². The van der Waals surface area contributed by atoms with Crippen LogP contribution in [-0.2, 0) is 9.59 Å². The van der Waals surface area contributed by atoms with Gasteiger partial charge in [-0.25, -0.2) is 10.4 Å². The largest absolute Gasteiger partial charge is 0.356 e. The Hall–Kier alpha value is -1.92. The molecule has 130 valence electrons. The molecule has 2 fully saturated rings. The minimum absolute atomic E-state index is 0.0419. The van der Waals surface area contributed by atoms with Gasteiger partial charge in [-0.3, -0.25) is 9.59 Å². The second-order valence-electron chi connectivity index (χ2n) is 6.52. The molecular formula is C18H26N4O2. The first-order valence-corrected chi connectivity index (χ1v) is 8.81. The van der Waals surface area contributed by atoms with Crippen molar-refractivity contribution in [3.63, 3.8) is 0 Å². The summed E-state index contributed by atoms with van der Waals surface area (Å²) >= 11 is 0. The molecule has 2 saturated heterocycles. The summed E-state index contributed by atoms with van der Waals surface area (Å²) in [7, 11) is 0. The number of fused-ring (bicyclic) bond motifs is 1. The molecule has 0 saturated carbocycles. The van der Waals surface area contributed by atoms with Crippen molar-refractivity contribution < 1.29 is 9.59 Å². The fourth-order valence-electron chi connectivity index (χ4n) is 3.59. The minimum atomic E-state index is -0.215. The van der Waals surface area contributed by atoms with Crippen LogP contribution >= 0.6 is 0 Å². The Morgan fingerprint density at radius 3 is 2.67 bits per heavy atom. The Bertz CT molecular complexity index is 592. The van der Waals surface area contributed by atoms with E-state index >= 15 is 0 Å². The molecule has 2 amide bonds. The van der Waals surface area contributed by atoms with E-state index < -0.39 is 0 Å². The molecule has 2 heterocycles. The van der Waals surface area contributed by atoms with Crippen LogP contribution in [0.15, 0.2) is 30.3 Å². The number of piperidine rings is 1. The Labute approximate surface area is 143 Å². The Balaban J connectivity index is 1.82. The van der Waals surface area contributed by atoms with Gasteiger partial charge in [-0.05, 0) is 25.1 Å². The van der Waals surface area contributed by atoms with Gasteiger partial charge < -0.3 is 10.2 Å². The predicted molar refractivity (Wildman–Crippen MR) is 93.2 cm³/mol. The molecule has 0 bridgehead atoms. The molecule has 24 heavy (non-hydrogen) atoms. The van der Waals surface area contributed by atoms with E-state index in [1.165, 1.54) is 0 Å². The molecule has 6 heteroatoms. The van der Waals surface area contributed by atoms with Crippen LogP contribution in [0.2, 0.25) is 0 Å². The number of rotatable bonds is 5. The summed E-state index contributed by atoms with van der Waals surface area (Å²) < 4.78 is 0. The molecule has 3 atom stereocenters. The van der Waals surface area contributed by atoms with Crippen molar-refractivity contribution >= 4 is 17.5 Å². The number of hydrogen-bond donors (Lipinski definition) is 2. The van der Waals surface area contributed by atoms with Crippen molar-refractivity contribution in [3.8, 4) is 0 Å². The van der Waals surface area contributed by atoms with Crippen molar-refractivity contribution in [2.24, 2.45) is 11.8 Å². The molecule has 0 radical (unpaired) electrons. The van der Waals surface area contributed by atoms with Crippen LogP contribution in [0.25, 0.3) is 0 Å². The first-order chi connectivity index (χ1) is 11.7. The van der Waals surface area contributed by atoms with E-state index in [-0.39, 0.29) is 29.7 Å². The first-order valence-electron chi connectivity index (χ1n) is 8.81. The van der Waals surface area contributed by atoms with Gasteiger partial charge in [0.2, 0.25) is 11.8 Å². The van der Waals surface area contributed by atoms with Crippen LogP contribution in [0, 0.1) is 11.8 Å². The highest BCUT2D eigenvalue weighted by Crippen LogP contribution is 2.31. The van der Waals surface area contributed by atoms with Gasteiger partial charge in [0.1, 0.15) is 0 Å². The third-order valence-electron chi connectivity index (χ3n) is 4.94. The lowest BCUT2D eigenvalue weighted by molar-refractivity contribution is -0.129. The first kappa shape index (κ1) is 16.9. The number of hydrazine groups is 1. The smallest absolute Gasteiger partial charge is 0.247 e. The van der Waals surface area contributed by atoms with E-state index in [9.17, 15) is 9.59 Å². The van der Waals surface area contributed by atoms with Crippen molar-refractivity contribution in [3.05, 3.63) is 30.3 Å². The highest BCUT2D eigenvalue weighted by Gasteiger charge is 2.50. The minimum Gasteiger partial charge on any atom is -0.356 e. The standard InChI is InChI=1S/C18H26N4O2/c1-3-10-19-17(23)14-11-21(4-2)12-15-16(14)20-22(18(15)24)13-8-6-5-7-9-13/h5-9,14-16,20H,3-4,10-12H2,1-2H3,(H,19,23). The monoisotopic (exact) mass is 330 g/mol. The molecule has 0 aliphatic carbocycles. The Kier molecular flexibility index (Phi) is 5.16. The van der Waals surface area contributed by atoms with Crippen molar-refractivity contribution in [2.45, 2.75) is 26.3 Å². The maximum absolute atomic E-state index is 12.9. The van der Waals surface area contributed by atoms with Gasteiger partial charge in [-0.2, -0.15) is 0 Å². The normalized spacial score (nSPS) is 27.2. The van der Waals surface area contributed by atoms with E-state index in [1.807, 2.05) is 37.3 Å². The fourth-order valence-corrected chi connectivity index (χ4v) is 3.59. The SMILES string of the molecule is CCCNC(=O)C1CN(CC)CC2C(=O)N(c3ccccc3)NC12. The van der Waals surface area contributed by atoms with Crippen molar-refractivity contribution in [2.75, 3.05) is 31.2 Å². The molecule has 0 spiro atoms. The summed E-state index contributed by atoms with van der Waals surface area (Å²) in [6.45, 7) is 7.03. The molecule has 2 aliphatic rings. The molecule has 2 N–H and O–H groups in total. The van der Waals surface area contributed by atoms with Crippen LogP contribution in [0.4, 0.5) is 5.69 Å². The summed E-state index contributed by atoms with van der Waals surface area (Å²) in [5.41, 5.74) is 4.13. The Morgan fingerprint density at radius 2 is 2.00 bits per heavy atom. The van der Waals surface area contributed by atoms with Gasteiger partial charge in [0.05, 0.1) is 23.6 Å². The number of benzene rings is 1. The number of nitrogens with zero attached hydrogens (tertiary/aromatic N) is 2. The number of carbonyl (C=O) groups is 2. The van der Waals surface area contributed by atoms with E-state index in [4.69, 9.17) is 0 Å². The number of para-hydroxylation sites is 1. The molecule has 2 aliphatic heterocycles. The van der Waals surface area contributed by atoms with Crippen LogP contribution in [-0.4, -0.2) is 48.9 Å². The zero-order chi connectivity index (χ0) is 17.1. The van der Waals surface area contributed by atoms with Gasteiger partial charge in [0.25, 0.3) is 0 Å². The van der Waals surface area contributed by atoms with Crippen molar-refractivity contribution in [1.29, 1.82) is 0 Å². The lowest BCUT2D eigenvalue weighted by Gasteiger charge is -2.37. The van der Waals surface area contributed by atoms with E-state index in [1.54, 1.807) is 5.01 Å². The van der Waals surface area contributed by atoms with Crippen LogP contribution in [0.1, 0.15) is 20.3 Å². The highest BCUT2D eigenvalue weighted by atomic mass is 16.2. The molecule has 0 aromatic heterocycles. The van der Waals surface area contributed by atoms with Gasteiger partial charge >= 0.3 is 0 Å². The molecule has 3 unspecified atom stereocenters. The van der Waals surface area contributed by atoms with Gasteiger partial charge in [-0.15, -0.1) is 0 Å². The molecule has 6 nitrogen and oxygen atoms in total. The summed E-state index contributed by atoms with van der Waals surface area (Å²) in [5.74, 6) is -0.304. The van der Waals surface area contributed by atoms with Crippen LogP contribution in [0.3, 0.4) is 0 Å². The van der Waals surface area contributed by atoms with E-state index in [0.717, 1.165) is 18.7 Å².